The average molecular weight is 267 g/mol. The molecule has 0 radical (unpaired) electrons. The van der Waals surface area contributed by atoms with E-state index in [1.807, 2.05) is 0 Å². The van der Waals surface area contributed by atoms with Crippen LogP contribution in [0, 0.1) is 5.82 Å². The lowest BCUT2D eigenvalue weighted by atomic mass is 10.2. The summed E-state index contributed by atoms with van der Waals surface area (Å²) < 4.78 is 15.1. The van der Waals surface area contributed by atoms with Crippen molar-refractivity contribution in [3.8, 4) is 0 Å². The van der Waals surface area contributed by atoms with Crippen molar-refractivity contribution in [3.05, 3.63) is 63.3 Å². The molecule has 1 heterocycles. The van der Waals surface area contributed by atoms with E-state index in [2.05, 4.69) is 5.32 Å². The number of hydrogen-bond acceptors (Lipinski definition) is 2. The molecule has 94 valence electrons. The molecule has 2 aromatic rings. The number of benzene rings is 1. The molecular weight excluding hydrogens is 255 g/mol. The van der Waals surface area contributed by atoms with Crippen LogP contribution in [0.3, 0.4) is 0 Å². The largest absolute Gasteiger partial charge is 0.380 e. The van der Waals surface area contributed by atoms with Gasteiger partial charge in [0, 0.05) is 31.4 Å². The first-order valence-electron chi connectivity index (χ1n) is 5.41. The first-order chi connectivity index (χ1) is 8.58. The average Bonchev–Trinajstić information content (AvgIpc) is 2.35. The Morgan fingerprint density at radius 3 is 2.83 bits per heavy atom. The number of hydrogen-bond donors (Lipinski definition) is 1. The number of rotatable bonds is 3. The summed E-state index contributed by atoms with van der Waals surface area (Å²) in [5, 5.41) is 3.14. The molecule has 1 aromatic heterocycles. The molecule has 5 heteroatoms. The van der Waals surface area contributed by atoms with Crippen molar-refractivity contribution in [3.63, 3.8) is 0 Å². The lowest BCUT2D eigenvalue weighted by molar-refractivity contribution is 0.613. The van der Waals surface area contributed by atoms with Crippen LogP contribution in [0.25, 0.3) is 0 Å². The Hall–Kier alpha value is -1.81. The summed E-state index contributed by atoms with van der Waals surface area (Å²) in [5.41, 5.74) is 1.14. The monoisotopic (exact) mass is 266 g/mol. The SMILES string of the molecule is Cn1cc(NCc2cccc(Cl)c2F)ccc1=O. The molecule has 0 unspecified atom stereocenters. The van der Waals surface area contributed by atoms with E-state index in [0.29, 0.717) is 12.1 Å². The first-order valence-corrected chi connectivity index (χ1v) is 5.79. The van der Waals surface area contributed by atoms with E-state index in [1.165, 1.54) is 16.7 Å². The Bertz CT molecular complexity index is 625. The normalized spacial score (nSPS) is 10.4. The third-order valence-corrected chi connectivity index (χ3v) is 2.89. The van der Waals surface area contributed by atoms with Crippen molar-refractivity contribution >= 4 is 17.3 Å². The molecule has 0 fully saturated rings. The summed E-state index contributed by atoms with van der Waals surface area (Å²) in [6, 6.07) is 7.98. The molecule has 0 bridgehead atoms. The molecule has 1 aromatic carbocycles. The van der Waals surface area contributed by atoms with Crippen molar-refractivity contribution < 1.29 is 4.39 Å². The first kappa shape index (κ1) is 12.6. The second-order valence-corrected chi connectivity index (χ2v) is 4.34. The Labute approximate surface area is 109 Å². The van der Waals surface area contributed by atoms with Crippen molar-refractivity contribution in [2.75, 3.05) is 5.32 Å². The lowest BCUT2D eigenvalue weighted by Crippen LogP contribution is -2.15. The van der Waals surface area contributed by atoms with Gasteiger partial charge >= 0.3 is 0 Å². The summed E-state index contributed by atoms with van der Waals surface area (Å²) >= 11 is 5.69. The van der Waals surface area contributed by atoms with E-state index in [0.717, 1.165) is 5.69 Å². The molecule has 0 spiro atoms. The van der Waals surface area contributed by atoms with Crippen LogP contribution < -0.4 is 10.9 Å². The van der Waals surface area contributed by atoms with Crippen LogP contribution in [-0.2, 0) is 13.6 Å². The Balaban J connectivity index is 2.14. The highest BCUT2D eigenvalue weighted by Gasteiger charge is 2.05. The van der Waals surface area contributed by atoms with Crippen LogP contribution in [-0.4, -0.2) is 4.57 Å². The summed E-state index contributed by atoms with van der Waals surface area (Å²) in [7, 11) is 1.66. The maximum atomic E-state index is 13.6. The molecule has 2 rings (SSSR count). The van der Waals surface area contributed by atoms with Gasteiger partial charge in [0.1, 0.15) is 5.82 Å². The molecule has 3 nitrogen and oxygen atoms in total. The zero-order valence-electron chi connectivity index (χ0n) is 9.78. The minimum atomic E-state index is -0.420. The second kappa shape index (κ2) is 5.23. The number of nitrogens with one attached hydrogen (secondary N) is 1. The molecule has 0 aliphatic carbocycles. The highest BCUT2D eigenvalue weighted by molar-refractivity contribution is 6.30. The number of nitrogens with zero attached hydrogens (tertiary/aromatic N) is 1. The van der Waals surface area contributed by atoms with Crippen LogP contribution in [0.4, 0.5) is 10.1 Å². The number of anilines is 1. The Kier molecular flexibility index (Phi) is 3.67. The van der Waals surface area contributed by atoms with E-state index >= 15 is 0 Å². The number of halogens is 2. The standard InChI is InChI=1S/C13H12ClFN2O/c1-17-8-10(5-6-12(17)18)16-7-9-3-2-4-11(14)13(9)15/h2-6,8,16H,7H2,1H3. The number of pyridine rings is 1. The quantitative estimate of drug-likeness (QED) is 0.927. The number of aromatic nitrogens is 1. The van der Waals surface area contributed by atoms with E-state index in [1.54, 1.807) is 31.4 Å². The summed E-state index contributed by atoms with van der Waals surface area (Å²) in [5.74, 6) is -0.420. The van der Waals surface area contributed by atoms with Crippen LogP contribution in [0.15, 0.2) is 41.3 Å². The maximum absolute atomic E-state index is 13.6. The third kappa shape index (κ3) is 2.71. The molecule has 0 saturated heterocycles. The van der Waals surface area contributed by atoms with E-state index in [-0.39, 0.29) is 10.6 Å². The molecule has 0 aliphatic rings. The van der Waals surface area contributed by atoms with Gasteiger partial charge in [0.2, 0.25) is 5.56 Å². The minimum Gasteiger partial charge on any atom is -0.380 e. The molecule has 0 saturated carbocycles. The highest BCUT2D eigenvalue weighted by Crippen LogP contribution is 2.18. The van der Waals surface area contributed by atoms with Gasteiger partial charge in [-0.25, -0.2) is 4.39 Å². The van der Waals surface area contributed by atoms with Gasteiger partial charge < -0.3 is 9.88 Å². The molecular formula is C13H12ClFN2O. The summed E-state index contributed by atoms with van der Waals surface area (Å²) in [4.78, 5) is 11.2. The van der Waals surface area contributed by atoms with Gasteiger partial charge in [-0.05, 0) is 12.1 Å². The predicted octanol–water partition coefficient (Wildman–Crippen LogP) is 2.79. The van der Waals surface area contributed by atoms with Crippen molar-refractivity contribution in [1.29, 1.82) is 0 Å². The van der Waals surface area contributed by atoms with Crippen LogP contribution >= 0.6 is 11.6 Å². The van der Waals surface area contributed by atoms with Crippen LogP contribution in [0.5, 0.6) is 0 Å². The van der Waals surface area contributed by atoms with Gasteiger partial charge in [0.25, 0.3) is 0 Å². The molecule has 1 N–H and O–H groups in total. The molecule has 0 aliphatic heterocycles. The molecule has 0 atom stereocenters. The highest BCUT2D eigenvalue weighted by atomic mass is 35.5. The maximum Gasteiger partial charge on any atom is 0.250 e. The fraction of sp³-hybridized carbons (Fsp3) is 0.154. The van der Waals surface area contributed by atoms with Crippen molar-refractivity contribution in [2.45, 2.75) is 6.54 Å². The fourth-order valence-corrected chi connectivity index (χ4v) is 1.77. The summed E-state index contributed by atoms with van der Waals surface area (Å²) in [6.45, 7) is 0.310. The minimum absolute atomic E-state index is 0.0884. The molecule has 0 amide bonds. The zero-order chi connectivity index (χ0) is 13.1. The van der Waals surface area contributed by atoms with E-state index in [9.17, 15) is 9.18 Å². The topological polar surface area (TPSA) is 34.0 Å². The summed E-state index contributed by atoms with van der Waals surface area (Å²) in [6.07, 6.45) is 1.66. The van der Waals surface area contributed by atoms with Gasteiger partial charge in [0.05, 0.1) is 10.7 Å². The Morgan fingerprint density at radius 2 is 2.11 bits per heavy atom. The smallest absolute Gasteiger partial charge is 0.250 e. The number of aryl methyl sites for hydroxylation is 1. The fourth-order valence-electron chi connectivity index (χ4n) is 1.58. The van der Waals surface area contributed by atoms with Gasteiger partial charge in [-0.15, -0.1) is 0 Å². The van der Waals surface area contributed by atoms with Gasteiger partial charge in [-0.3, -0.25) is 4.79 Å². The second-order valence-electron chi connectivity index (χ2n) is 3.93. The van der Waals surface area contributed by atoms with Crippen LogP contribution in [0.2, 0.25) is 5.02 Å². The van der Waals surface area contributed by atoms with E-state index < -0.39 is 5.82 Å². The van der Waals surface area contributed by atoms with Crippen molar-refractivity contribution in [1.82, 2.24) is 4.57 Å². The van der Waals surface area contributed by atoms with Gasteiger partial charge in [0.15, 0.2) is 0 Å². The van der Waals surface area contributed by atoms with Gasteiger partial charge in [-0.1, -0.05) is 23.7 Å². The van der Waals surface area contributed by atoms with Crippen molar-refractivity contribution in [2.24, 2.45) is 7.05 Å². The molecule has 18 heavy (non-hydrogen) atoms. The zero-order valence-corrected chi connectivity index (χ0v) is 10.5. The lowest BCUT2D eigenvalue weighted by Gasteiger charge is -2.09. The predicted molar refractivity (Wildman–Crippen MR) is 70.4 cm³/mol. The Morgan fingerprint density at radius 1 is 1.33 bits per heavy atom. The van der Waals surface area contributed by atoms with Gasteiger partial charge in [-0.2, -0.15) is 0 Å². The third-order valence-electron chi connectivity index (χ3n) is 2.60. The van der Waals surface area contributed by atoms with E-state index in [4.69, 9.17) is 11.6 Å². The van der Waals surface area contributed by atoms with Crippen LogP contribution in [0.1, 0.15) is 5.56 Å².